The minimum Gasteiger partial charge on any atom is -0.483 e. The summed E-state index contributed by atoms with van der Waals surface area (Å²) in [5, 5.41) is 2.04. The van der Waals surface area contributed by atoms with E-state index in [0.717, 1.165) is 29.9 Å². The number of rotatable bonds is 8. The first-order chi connectivity index (χ1) is 15.2. The number of fused-ring (bicyclic) bond motifs is 1. The molecule has 2 aromatic heterocycles. The van der Waals surface area contributed by atoms with E-state index in [4.69, 9.17) is 14.2 Å². The van der Waals surface area contributed by atoms with E-state index in [2.05, 4.69) is 10.6 Å². The molecule has 32 heavy (non-hydrogen) atoms. The Labute approximate surface area is 191 Å². The van der Waals surface area contributed by atoms with Crippen LogP contribution in [0.2, 0.25) is 0 Å². The van der Waals surface area contributed by atoms with Gasteiger partial charge in [0.1, 0.15) is 5.60 Å². The zero-order valence-corrected chi connectivity index (χ0v) is 19.6. The van der Waals surface area contributed by atoms with E-state index in [-0.39, 0.29) is 24.6 Å². The predicted octanol–water partition coefficient (Wildman–Crippen LogP) is 4.73. The van der Waals surface area contributed by atoms with Crippen molar-refractivity contribution in [1.29, 1.82) is 0 Å². The summed E-state index contributed by atoms with van der Waals surface area (Å²) in [6.07, 6.45) is 0.781. The van der Waals surface area contributed by atoms with E-state index in [1.165, 1.54) is 4.88 Å². The van der Waals surface area contributed by atoms with Crippen LogP contribution >= 0.6 is 11.3 Å². The molecule has 0 atom stereocenters. The zero-order valence-electron chi connectivity index (χ0n) is 18.8. The fourth-order valence-electron chi connectivity index (χ4n) is 3.99. The van der Waals surface area contributed by atoms with Gasteiger partial charge in [0.25, 0.3) is 0 Å². The van der Waals surface area contributed by atoms with Gasteiger partial charge in [0.2, 0.25) is 5.78 Å². The molecule has 0 radical (unpaired) electrons. The number of carbonyl (C=O) groups is 2. The second-order valence-corrected chi connectivity index (χ2v) is 9.64. The fourth-order valence-corrected chi connectivity index (χ4v) is 4.68. The lowest BCUT2D eigenvalue weighted by Crippen LogP contribution is -2.25. The normalized spacial score (nSPS) is 14.0. The molecule has 0 fully saturated rings. The zero-order chi connectivity index (χ0) is 22.9. The molecule has 6 nitrogen and oxygen atoms in total. The van der Waals surface area contributed by atoms with Gasteiger partial charge in [-0.25, -0.2) is 4.79 Å². The van der Waals surface area contributed by atoms with E-state index in [9.17, 15) is 9.59 Å². The molecule has 0 saturated carbocycles. The number of esters is 1. The van der Waals surface area contributed by atoms with Gasteiger partial charge in [-0.2, -0.15) is 0 Å². The molecule has 3 aromatic rings. The highest BCUT2D eigenvalue weighted by atomic mass is 32.1. The number of Topliss-reactive ketones (excluding diaryl/α,β-unsaturated/α-hetero) is 1. The Morgan fingerprint density at radius 3 is 2.72 bits per heavy atom. The van der Waals surface area contributed by atoms with Gasteiger partial charge in [-0.1, -0.05) is 18.2 Å². The van der Waals surface area contributed by atoms with Crippen molar-refractivity contribution in [2.24, 2.45) is 0 Å². The molecule has 1 aromatic carbocycles. The fraction of sp³-hybridized carbons (Fsp3) is 0.360. The van der Waals surface area contributed by atoms with Crippen molar-refractivity contribution >= 4 is 23.1 Å². The van der Waals surface area contributed by atoms with Crippen molar-refractivity contribution in [2.75, 3.05) is 13.2 Å². The van der Waals surface area contributed by atoms with E-state index >= 15 is 0 Å². The highest BCUT2D eigenvalue weighted by Crippen LogP contribution is 2.41. The number of hydrogen-bond acceptors (Lipinski definition) is 6. The summed E-state index contributed by atoms with van der Waals surface area (Å²) in [5.74, 6) is 0.350. The van der Waals surface area contributed by atoms with Crippen molar-refractivity contribution in [2.45, 2.75) is 46.3 Å². The molecular weight excluding hydrogens is 426 g/mol. The Morgan fingerprint density at radius 2 is 1.97 bits per heavy atom. The van der Waals surface area contributed by atoms with Crippen LogP contribution in [0.4, 0.5) is 0 Å². The largest absolute Gasteiger partial charge is 0.483 e. The molecule has 0 aliphatic carbocycles. The monoisotopic (exact) mass is 453 g/mol. The number of aryl methyl sites for hydroxylation is 1. The first-order valence-corrected chi connectivity index (χ1v) is 11.4. The van der Waals surface area contributed by atoms with Crippen molar-refractivity contribution in [3.8, 4) is 11.5 Å². The van der Waals surface area contributed by atoms with Crippen molar-refractivity contribution < 1.29 is 23.8 Å². The van der Waals surface area contributed by atoms with Gasteiger partial charge >= 0.3 is 5.97 Å². The van der Waals surface area contributed by atoms with Crippen molar-refractivity contribution in [3.63, 3.8) is 0 Å². The Hall–Kier alpha value is -3.06. The quantitative estimate of drug-likeness (QED) is 0.364. The lowest BCUT2D eigenvalue weighted by molar-refractivity contribution is -0.144. The summed E-state index contributed by atoms with van der Waals surface area (Å²) >= 11 is 1.68. The molecule has 0 saturated heterocycles. The molecule has 1 aliphatic heterocycles. The third-order valence-electron chi connectivity index (χ3n) is 5.53. The number of para-hydroxylation sites is 1. The van der Waals surface area contributed by atoms with Crippen LogP contribution in [-0.4, -0.2) is 35.1 Å². The number of nitrogens with zero attached hydrogens (tertiary/aromatic N) is 1. The van der Waals surface area contributed by atoms with E-state index < -0.39 is 5.97 Å². The number of benzene rings is 1. The summed E-state index contributed by atoms with van der Waals surface area (Å²) in [7, 11) is 0. The Morgan fingerprint density at radius 1 is 1.16 bits per heavy atom. The van der Waals surface area contributed by atoms with Gasteiger partial charge in [0.15, 0.2) is 24.7 Å². The van der Waals surface area contributed by atoms with Gasteiger partial charge in [0.05, 0.1) is 6.54 Å². The van der Waals surface area contributed by atoms with Crippen LogP contribution in [0, 0.1) is 13.8 Å². The summed E-state index contributed by atoms with van der Waals surface area (Å²) in [5.41, 5.74) is 3.19. The molecule has 4 rings (SSSR count). The summed E-state index contributed by atoms with van der Waals surface area (Å²) < 4.78 is 18.9. The third kappa shape index (κ3) is 4.72. The van der Waals surface area contributed by atoms with E-state index in [1.807, 2.05) is 57.3 Å². The summed E-state index contributed by atoms with van der Waals surface area (Å²) in [6.45, 7) is 8.01. The second-order valence-electron chi connectivity index (χ2n) is 8.61. The number of aromatic nitrogens is 1. The average molecular weight is 454 g/mol. The van der Waals surface area contributed by atoms with Crippen molar-refractivity contribution in [1.82, 2.24) is 4.57 Å². The molecule has 1 aliphatic rings. The molecule has 168 valence electrons. The Kier molecular flexibility index (Phi) is 6.11. The number of ether oxygens (including phenoxy) is 3. The van der Waals surface area contributed by atoms with Crippen LogP contribution in [0.5, 0.6) is 11.5 Å². The SMILES string of the molecule is Cc1cc(C(=O)COC(=O)COc2cccc3c2OC(C)(C)C3)c(C)n1Cc1cccs1. The van der Waals surface area contributed by atoms with Crippen LogP contribution in [-0.2, 0) is 22.5 Å². The average Bonchev–Trinajstić information content (AvgIpc) is 3.44. The lowest BCUT2D eigenvalue weighted by atomic mass is 10.0. The van der Waals surface area contributed by atoms with Gasteiger partial charge in [0, 0.05) is 33.8 Å². The maximum atomic E-state index is 12.7. The predicted molar refractivity (Wildman–Crippen MR) is 123 cm³/mol. The molecule has 0 amide bonds. The molecule has 0 unspecified atom stereocenters. The molecular formula is C25H27NO5S. The molecule has 0 N–H and O–H groups in total. The molecule has 0 bridgehead atoms. The smallest absolute Gasteiger partial charge is 0.344 e. The minimum absolute atomic E-state index is 0.227. The second kappa shape index (κ2) is 8.82. The number of hydrogen-bond donors (Lipinski definition) is 0. The van der Waals surface area contributed by atoms with E-state index in [1.54, 1.807) is 17.4 Å². The van der Waals surface area contributed by atoms with E-state index in [0.29, 0.717) is 17.1 Å². The topological polar surface area (TPSA) is 66.8 Å². The maximum absolute atomic E-state index is 12.7. The highest BCUT2D eigenvalue weighted by Gasteiger charge is 2.32. The first-order valence-electron chi connectivity index (χ1n) is 10.5. The lowest BCUT2D eigenvalue weighted by Gasteiger charge is -2.18. The Balaban J connectivity index is 1.33. The Bertz CT molecular complexity index is 1140. The van der Waals surface area contributed by atoms with Crippen LogP contribution in [0.15, 0.2) is 41.8 Å². The molecule has 7 heteroatoms. The third-order valence-corrected chi connectivity index (χ3v) is 6.39. The molecule has 3 heterocycles. The minimum atomic E-state index is -0.597. The van der Waals surface area contributed by atoms with Gasteiger partial charge in [-0.3, -0.25) is 4.79 Å². The number of carbonyl (C=O) groups excluding carboxylic acids is 2. The van der Waals surface area contributed by atoms with Gasteiger partial charge < -0.3 is 18.8 Å². The summed E-state index contributed by atoms with van der Waals surface area (Å²) in [6, 6.07) is 11.6. The maximum Gasteiger partial charge on any atom is 0.344 e. The van der Waals surface area contributed by atoms with Crippen LogP contribution in [0.3, 0.4) is 0 Å². The highest BCUT2D eigenvalue weighted by molar-refractivity contribution is 7.09. The number of ketones is 1. The van der Waals surface area contributed by atoms with Gasteiger partial charge in [-0.05, 0) is 51.3 Å². The first kappa shape index (κ1) is 22.1. The van der Waals surface area contributed by atoms with Crippen LogP contribution in [0.25, 0.3) is 0 Å². The van der Waals surface area contributed by atoms with Crippen molar-refractivity contribution in [3.05, 3.63) is 69.2 Å². The summed E-state index contributed by atoms with van der Waals surface area (Å²) in [4.78, 5) is 26.1. The van der Waals surface area contributed by atoms with Crippen LogP contribution in [0.1, 0.15) is 46.0 Å². The van der Waals surface area contributed by atoms with Crippen LogP contribution < -0.4 is 9.47 Å². The standard InChI is InChI=1S/C25H27NO5S/c1-16-11-20(17(2)26(16)13-19-8-6-10-32-19)21(27)14-30-23(28)15-29-22-9-5-7-18-12-25(3,4)31-24(18)22/h5-11H,12-15H2,1-4H3. The van der Waals surface area contributed by atoms with Gasteiger partial charge in [-0.15, -0.1) is 11.3 Å². The molecule has 0 spiro atoms. The number of thiophene rings is 1.